The fourth-order valence-electron chi connectivity index (χ4n) is 5.59. The fraction of sp³-hybridized carbons (Fsp3) is 0.462. The second kappa shape index (κ2) is 9.19. The molecule has 0 spiro atoms. The van der Waals surface area contributed by atoms with Gasteiger partial charge in [-0.1, -0.05) is 0 Å². The molecule has 2 fully saturated rings. The van der Waals surface area contributed by atoms with Crippen molar-refractivity contribution >= 4 is 39.0 Å². The van der Waals surface area contributed by atoms with Gasteiger partial charge in [0, 0.05) is 30.9 Å². The van der Waals surface area contributed by atoms with Gasteiger partial charge in [0.25, 0.3) is 11.8 Å². The number of amides is 2. The van der Waals surface area contributed by atoms with Crippen LogP contribution in [-0.4, -0.2) is 69.8 Å². The average Bonchev–Trinajstić information content (AvgIpc) is 3.56. The van der Waals surface area contributed by atoms with Gasteiger partial charge >= 0.3 is 0 Å². The van der Waals surface area contributed by atoms with E-state index in [1.165, 1.54) is 4.52 Å². The van der Waals surface area contributed by atoms with Gasteiger partial charge in [-0.25, -0.2) is 17.9 Å². The summed E-state index contributed by atoms with van der Waals surface area (Å²) >= 11 is 0. The van der Waals surface area contributed by atoms with Crippen LogP contribution >= 0.6 is 0 Å². The molecule has 1 aliphatic heterocycles. The van der Waals surface area contributed by atoms with Crippen molar-refractivity contribution < 1.29 is 23.1 Å². The number of sulfonamides is 1. The van der Waals surface area contributed by atoms with Gasteiger partial charge in [0.2, 0.25) is 10.0 Å². The number of hydrogen-bond acceptors (Lipinski definition) is 8. The minimum absolute atomic E-state index is 0.0366. The summed E-state index contributed by atoms with van der Waals surface area (Å²) in [6.45, 7) is 2.83. The highest BCUT2D eigenvalue weighted by Gasteiger charge is 2.40. The van der Waals surface area contributed by atoms with Gasteiger partial charge in [-0.05, 0) is 68.2 Å². The summed E-state index contributed by atoms with van der Waals surface area (Å²) < 4.78 is 28.3. The molecule has 2 amide bonds. The molecular weight excluding hydrogens is 522 g/mol. The number of anilines is 2. The molecule has 3 aromatic rings. The molecule has 2 aliphatic carbocycles. The number of aliphatic hydroxyl groups is 1. The number of rotatable bonds is 8. The molecule has 1 atom stereocenters. The van der Waals surface area contributed by atoms with E-state index < -0.39 is 15.9 Å². The van der Waals surface area contributed by atoms with Crippen LogP contribution < -0.4 is 15.8 Å². The SMILES string of the molecule is CC(C1CC1)N1Cc2cc(-c3ccn4nc(N)c(C(=O)NC[C@H]5C[C@H](O)C5)c4n3)cc(NS(C)(=O)=O)c2C1=O. The van der Waals surface area contributed by atoms with Crippen molar-refractivity contribution in [3.05, 3.63) is 41.1 Å². The number of nitrogens with one attached hydrogen (secondary N) is 2. The Morgan fingerprint density at radius 1 is 1.28 bits per heavy atom. The zero-order valence-corrected chi connectivity index (χ0v) is 22.5. The second-order valence-corrected chi connectivity index (χ2v) is 12.7. The first kappa shape index (κ1) is 25.6. The molecule has 2 aromatic heterocycles. The van der Waals surface area contributed by atoms with Gasteiger partial charge in [0.1, 0.15) is 5.56 Å². The van der Waals surface area contributed by atoms with Crippen molar-refractivity contribution in [2.45, 2.75) is 51.3 Å². The van der Waals surface area contributed by atoms with Gasteiger partial charge in [0.15, 0.2) is 11.5 Å². The third-order valence-corrected chi connectivity index (χ3v) is 8.51. The van der Waals surface area contributed by atoms with E-state index in [9.17, 15) is 23.1 Å². The smallest absolute Gasteiger partial charge is 0.258 e. The van der Waals surface area contributed by atoms with Crippen LogP contribution in [0.15, 0.2) is 24.4 Å². The summed E-state index contributed by atoms with van der Waals surface area (Å²) in [6.07, 6.45) is 5.83. The summed E-state index contributed by atoms with van der Waals surface area (Å²) in [5, 5.41) is 16.6. The Morgan fingerprint density at radius 2 is 2.03 bits per heavy atom. The lowest BCUT2D eigenvalue weighted by Gasteiger charge is -2.31. The predicted molar refractivity (Wildman–Crippen MR) is 144 cm³/mol. The van der Waals surface area contributed by atoms with Gasteiger partial charge in [0.05, 0.1) is 29.3 Å². The summed E-state index contributed by atoms with van der Waals surface area (Å²) in [6, 6.07) is 5.21. The number of nitrogens with zero attached hydrogens (tertiary/aromatic N) is 4. The van der Waals surface area contributed by atoms with E-state index in [-0.39, 0.29) is 46.7 Å². The van der Waals surface area contributed by atoms with Crippen molar-refractivity contribution in [1.29, 1.82) is 0 Å². The largest absolute Gasteiger partial charge is 0.393 e. The quantitative estimate of drug-likeness (QED) is 0.326. The highest BCUT2D eigenvalue weighted by atomic mass is 32.2. The van der Waals surface area contributed by atoms with Crippen molar-refractivity contribution in [3.63, 3.8) is 0 Å². The number of aliphatic hydroxyl groups excluding tert-OH is 1. The molecule has 6 rings (SSSR count). The number of carbonyl (C=O) groups is 2. The van der Waals surface area contributed by atoms with Gasteiger partial charge < -0.3 is 21.1 Å². The van der Waals surface area contributed by atoms with Crippen molar-refractivity contribution in [2.24, 2.45) is 11.8 Å². The van der Waals surface area contributed by atoms with Gasteiger partial charge in [-0.2, -0.15) is 0 Å². The van der Waals surface area contributed by atoms with Crippen LogP contribution in [0.2, 0.25) is 0 Å². The molecule has 2 saturated carbocycles. The normalized spacial score (nSPS) is 21.5. The molecule has 0 bridgehead atoms. The molecule has 3 heterocycles. The molecule has 12 nitrogen and oxygen atoms in total. The third kappa shape index (κ3) is 4.80. The maximum absolute atomic E-state index is 13.4. The van der Waals surface area contributed by atoms with Crippen molar-refractivity contribution in [2.75, 3.05) is 23.3 Å². The molecule has 206 valence electrons. The summed E-state index contributed by atoms with van der Waals surface area (Å²) in [5.74, 6) is 0.121. The number of fused-ring (bicyclic) bond motifs is 2. The third-order valence-electron chi connectivity index (χ3n) is 7.92. The van der Waals surface area contributed by atoms with Crippen LogP contribution in [0.5, 0.6) is 0 Å². The molecule has 0 saturated heterocycles. The Morgan fingerprint density at radius 3 is 2.69 bits per heavy atom. The Bertz CT molecular complexity index is 1610. The Balaban J connectivity index is 1.37. The first-order chi connectivity index (χ1) is 18.5. The van der Waals surface area contributed by atoms with Crippen LogP contribution in [0.1, 0.15) is 58.9 Å². The number of nitrogen functional groups attached to an aromatic ring is 1. The number of benzene rings is 1. The molecule has 0 radical (unpaired) electrons. The lowest BCUT2D eigenvalue weighted by Crippen LogP contribution is -2.38. The number of hydrogen-bond donors (Lipinski definition) is 4. The minimum Gasteiger partial charge on any atom is -0.393 e. The Hall–Kier alpha value is -3.71. The topological polar surface area (TPSA) is 172 Å². The first-order valence-corrected chi connectivity index (χ1v) is 14.9. The maximum atomic E-state index is 13.4. The van der Waals surface area contributed by atoms with E-state index in [2.05, 4.69) is 20.1 Å². The van der Waals surface area contributed by atoms with E-state index in [4.69, 9.17) is 5.73 Å². The van der Waals surface area contributed by atoms with E-state index >= 15 is 0 Å². The van der Waals surface area contributed by atoms with Gasteiger partial charge in [-0.15, -0.1) is 5.10 Å². The molecular formula is C26H31N7O5S. The van der Waals surface area contributed by atoms with Crippen LogP contribution in [-0.2, 0) is 16.6 Å². The number of nitrogens with two attached hydrogens (primary N) is 1. The highest BCUT2D eigenvalue weighted by molar-refractivity contribution is 7.92. The zero-order valence-electron chi connectivity index (χ0n) is 21.7. The first-order valence-electron chi connectivity index (χ1n) is 13.1. The maximum Gasteiger partial charge on any atom is 0.258 e. The molecule has 39 heavy (non-hydrogen) atoms. The van der Waals surface area contributed by atoms with Crippen LogP contribution in [0, 0.1) is 11.8 Å². The molecule has 5 N–H and O–H groups in total. The second-order valence-electron chi connectivity index (χ2n) is 11.0. The van der Waals surface area contributed by atoms with E-state index in [0.29, 0.717) is 54.2 Å². The van der Waals surface area contributed by atoms with E-state index in [1.54, 1.807) is 23.2 Å². The fourth-order valence-corrected chi connectivity index (χ4v) is 6.15. The monoisotopic (exact) mass is 553 g/mol. The van der Waals surface area contributed by atoms with Crippen LogP contribution in [0.4, 0.5) is 11.5 Å². The summed E-state index contributed by atoms with van der Waals surface area (Å²) in [7, 11) is -3.67. The lowest BCUT2D eigenvalue weighted by atomic mass is 9.82. The Kier molecular flexibility index (Phi) is 6.03. The molecule has 1 aromatic carbocycles. The van der Waals surface area contributed by atoms with Crippen LogP contribution in [0.25, 0.3) is 16.9 Å². The number of aromatic nitrogens is 3. The number of carbonyl (C=O) groups excluding carboxylic acids is 2. The summed E-state index contributed by atoms with van der Waals surface area (Å²) in [4.78, 5) is 32.9. The zero-order chi connectivity index (χ0) is 27.6. The average molecular weight is 554 g/mol. The molecule has 3 aliphatic rings. The predicted octanol–water partition coefficient (Wildman–Crippen LogP) is 1.60. The van der Waals surface area contributed by atoms with Crippen molar-refractivity contribution in [1.82, 2.24) is 24.8 Å². The lowest BCUT2D eigenvalue weighted by molar-refractivity contribution is 0.0420. The minimum atomic E-state index is -3.67. The molecule has 13 heteroatoms. The van der Waals surface area contributed by atoms with E-state index in [1.807, 2.05) is 13.0 Å². The Labute approximate surface area is 225 Å². The van der Waals surface area contributed by atoms with Crippen molar-refractivity contribution in [3.8, 4) is 11.3 Å². The standard InChI is InChI=1S/C26H31N7O5S/c1-13(15-3-4-15)32-12-17-9-16(10-20(21(17)26(32)36)31-39(2,37)38)19-5-6-33-24(29-19)22(23(27)30-33)25(35)28-11-14-7-18(34)8-14/h5-6,9-10,13-15,18,31,34H,3-4,7-8,11-12H2,1-2H3,(H2,27,30)(H,28,35)/t13?,14-,18-. The van der Waals surface area contributed by atoms with E-state index in [0.717, 1.165) is 19.1 Å². The summed E-state index contributed by atoms with van der Waals surface area (Å²) in [5.41, 5.74) is 8.82. The highest BCUT2D eigenvalue weighted by Crippen LogP contribution is 2.41. The molecule has 1 unspecified atom stereocenters. The van der Waals surface area contributed by atoms with Crippen LogP contribution in [0.3, 0.4) is 0 Å². The van der Waals surface area contributed by atoms with Gasteiger partial charge in [-0.3, -0.25) is 14.3 Å².